The van der Waals surface area contributed by atoms with Crippen molar-refractivity contribution in [1.82, 2.24) is 20.1 Å². The summed E-state index contributed by atoms with van der Waals surface area (Å²) < 4.78 is 1.53. The normalized spacial score (nSPS) is 12.1. The molecule has 0 radical (unpaired) electrons. The molecule has 1 amide bonds. The number of aromatic nitrogens is 3. The summed E-state index contributed by atoms with van der Waals surface area (Å²) in [6, 6.07) is 7.73. The molecule has 94 valence electrons. The Morgan fingerprint density at radius 3 is 2.72 bits per heavy atom. The van der Waals surface area contributed by atoms with Crippen molar-refractivity contribution in [2.24, 2.45) is 0 Å². The van der Waals surface area contributed by atoms with Gasteiger partial charge < -0.3 is 5.32 Å². The van der Waals surface area contributed by atoms with Crippen molar-refractivity contribution < 1.29 is 4.79 Å². The Hall–Kier alpha value is -2.17. The highest BCUT2D eigenvalue weighted by molar-refractivity contribution is 5.79. The maximum atomic E-state index is 11.9. The van der Waals surface area contributed by atoms with E-state index in [1.807, 2.05) is 31.2 Å². The quantitative estimate of drug-likeness (QED) is 0.885. The number of hydrogen-bond donors (Lipinski definition) is 1. The molecule has 0 bridgehead atoms. The van der Waals surface area contributed by atoms with E-state index in [0.717, 1.165) is 5.56 Å². The molecule has 1 heterocycles. The third kappa shape index (κ3) is 2.94. The minimum Gasteiger partial charge on any atom is -0.350 e. The number of benzene rings is 1. The zero-order chi connectivity index (χ0) is 13.0. The number of aryl methyl sites for hydroxylation is 1. The Morgan fingerprint density at radius 2 is 2.11 bits per heavy atom. The molecule has 0 aliphatic rings. The van der Waals surface area contributed by atoms with Crippen LogP contribution in [0.15, 0.2) is 36.9 Å². The summed E-state index contributed by atoms with van der Waals surface area (Å²) in [5.41, 5.74) is 2.29. The van der Waals surface area contributed by atoms with Crippen molar-refractivity contribution in [2.45, 2.75) is 26.4 Å². The predicted molar refractivity (Wildman–Crippen MR) is 67.8 cm³/mol. The second kappa shape index (κ2) is 5.44. The topological polar surface area (TPSA) is 59.8 Å². The molecule has 5 heteroatoms. The molecule has 0 saturated heterocycles. The molecule has 0 fully saturated rings. The van der Waals surface area contributed by atoms with Crippen LogP contribution in [0, 0.1) is 6.92 Å². The van der Waals surface area contributed by atoms with Crippen molar-refractivity contribution in [3.8, 4) is 0 Å². The maximum absolute atomic E-state index is 11.9. The number of carbonyl (C=O) groups excluding carboxylic acids is 1. The van der Waals surface area contributed by atoms with Crippen molar-refractivity contribution in [1.29, 1.82) is 0 Å². The molecule has 1 unspecified atom stereocenters. The first-order valence-electron chi connectivity index (χ1n) is 5.84. The van der Waals surface area contributed by atoms with Gasteiger partial charge in [-0.25, -0.2) is 9.67 Å². The van der Waals surface area contributed by atoms with Crippen LogP contribution in [0.4, 0.5) is 0 Å². The molecule has 1 N–H and O–H groups in total. The Bertz CT molecular complexity index is 504. The van der Waals surface area contributed by atoms with Crippen LogP contribution in [0.3, 0.4) is 0 Å². The minimum atomic E-state index is -0.349. The largest absolute Gasteiger partial charge is 0.350 e. The second-order valence-electron chi connectivity index (χ2n) is 4.25. The highest BCUT2D eigenvalue weighted by atomic mass is 16.2. The van der Waals surface area contributed by atoms with Crippen LogP contribution >= 0.6 is 0 Å². The first-order valence-corrected chi connectivity index (χ1v) is 5.84. The molecule has 0 aliphatic carbocycles. The fourth-order valence-corrected chi connectivity index (χ4v) is 1.58. The molecule has 0 saturated carbocycles. The van der Waals surface area contributed by atoms with Gasteiger partial charge in [0.05, 0.1) is 0 Å². The van der Waals surface area contributed by atoms with E-state index in [2.05, 4.69) is 15.4 Å². The summed E-state index contributed by atoms with van der Waals surface area (Å²) >= 11 is 0. The minimum absolute atomic E-state index is 0.0684. The standard InChI is InChI=1S/C13H16N4O/c1-10-3-5-12(6-4-10)7-15-13(18)11(2)17-9-14-8-16-17/h3-6,8-9,11H,7H2,1-2H3,(H,15,18). The van der Waals surface area contributed by atoms with Gasteiger partial charge in [-0.05, 0) is 19.4 Å². The van der Waals surface area contributed by atoms with E-state index in [1.54, 1.807) is 6.92 Å². The van der Waals surface area contributed by atoms with E-state index in [1.165, 1.54) is 22.9 Å². The van der Waals surface area contributed by atoms with E-state index < -0.39 is 0 Å². The average Bonchev–Trinajstić information content (AvgIpc) is 2.90. The number of hydrogen-bond acceptors (Lipinski definition) is 3. The van der Waals surface area contributed by atoms with Crippen LogP contribution in [0.5, 0.6) is 0 Å². The molecule has 2 rings (SSSR count). The van der Waals surface area contributed by atoms with Crippen LogP contribution in [0.2, 0.25) is 0 Å². The first-order chi connectivity index (χ1) is 8.66. The molecule has 18 heavy (non-hydrogen) atoms. The van der Waals surface area contributed by atoms with E-state index in [0.29, 0.717) is 6.54 Å². The Balaban J connectivity index is 1.90. The van der Waals surface area contributed by atoms with Gasteiger partial charge in [-0.3, -0.25) is 4.79 Å². The van der Waals surface area contributed by atoms with Gasteiger partial charge in [-0.15, -0.1) is 0 Å². The van der Waals surface area contributed by atoms with Gasteiger partial charge in [0.2, 0.25) is 5.91 Å². The van der Waals surface area contributed by atoms with E-state index in [-0.39, 0.29) is 11.9 Å². The first kappa shape index (κ1) is 12.3. The predicted octanol–water partition coefficient (Wildman–Crippen LogP) is 1.46. The van der Waals surface area contributed by atoms with E-state index in [4.69, 9.17) is 0 Å². The summed E-state index contributed by atoms with van der Waals surface area (Å²) in [5, 5.41) is 6.83. The average molecular weight is 244 g/mol. The van der Waals surface area contributed by atoms with Crippen LogP contribution in [-0.2, 0) is 11.3 Å². The zero-order valence-corrected chi connectivity index (χ0v) is 10.5. The molecular formula is C13H16N4O. The van der Waals surface area contributed by atoms with Gasteiger partial charge in [-0.2, -0.15) is 5.10 Å². The number of nitrogens with zero attached hydrogens (tertiary/aromatic N) is 3. The van der Waals surface area contributed by atoms with Crippen LogP contribution in [0.1, 0.15) is 24.1 Å². The Labute approximate surface area is 106 Å². The van der Waals surface area contributed by atoms with Gasteiger partial charge >= 0.3 is 0 Å². The van der Waals surface area contributed by atoms with Crippen molar-refractivity contribution in [3.05, 3.63) is 48.0 Å². The lowest BCUT2D eigenvalue weighted by atomic mass is 10.1. The lowest BCUT2D eigenvalue weighted by molar-refractivity contribution is -0.124. The second-order valence-corrected chi connectivity index (χ2v) is 4.25. The number of carbonyl (C=O) groups is 1. The maximum Gasteiger partial charge on any atom is 0.244 e. The van der Waals surface area contributed by atoms with Gasteiger partial charge in [-0.1, -0.05) is 29.8 Å². The summed E-state index contributed by atoms with van der Waals surface area (Å²) in [4.78, 5) is 15.7. The van der Waals surface area contributed by atoms with Gasteiger partial charge in [0.15, 0.2) is 0 Å². The summed E-state index contributed by atoms with van der Waals surface area (Å²) in [7, 11) is 0. The monoisotopic (exact) mass is 244 g/mol. The molecular weight excluding hydrogens is 228 g/mol. The number of nitrogens with one attached hydrogen (secondary N) is 1. The van der Waals surface area contributed by atoms with Crippen molar-refractivity contribution >= 4 is 5.91 Å². The fraction of sp³-hybridized carbons (Fsp3) is 0.308. The molecule has 0 aliphatic heterocycles. The van der Waals surface area contributed by atoms with E-state index >= 15 is 0 Å². The fourth-order valence-electron chi connectivity index (χ4n) is 1.58. The van der Waals surface area contributed by atoms with Crippen molar-refractivity contribution in [3.63, 3.8) is 0 Å². The highest BCUT2D eigenvalue weighted by Crippen LogP contribution is 2.05. The molecule has 1 atom stereocenters. The lowest BCUT2D eigenvalue weighted by Gasteiger charge is -2.12. The third-order valence-corrected chi connectivity index (χ3v) is 2.80. The number of rotatable bonds is 4. The Kier molecular flexibility index (Phi) is 3.72. The molecule has 1 aromatic carbocycles. The highest BCUT2D eigenvalue weighted by Gasteiger charge is 2.14. The molecule has 1 aromatic heterocycles. The van der Waals surface area contributed by atoms with Crippen molar-refractivity contribution in [2.75, 3.05) is 0 Å². The van der Waals surface area contributed by atoms with Gasteiger partial charge in [0.1, 0.15) is 18.7 Å². The molecule has 0 spiro atoms. The molecule has 5 nitrogen and oxygen atoms in total. The summed E-state index contributed by atoms with van der Waals surface area (Å²) in [5.74, 6) is -0.0684. The van der Waals surface area contributed by atoms with Gasteiger partial charge in [0.25, 0.3) is 0 Å². The Morgan fingerprint density at radius 1 is 1.39 bits per heavy atom. The van der Waals surface area contributed by atoms with Gasteiger partial charge in [0, 0.05) is 6.54 Å². The van der Waals surface area contributed by atoms with Crippen LogP contribution in [0.25, 0.3) is 0 Å². The zero-order valence-electron chi connectivity index (χ0n) is 10.5. The third-order valence-electron chi connectivity index (χ3n) is 2.80. The lowest BCUT2D eigenvalue weighted by Crippen LogP contribution is -2.30. The van der Waals surface area contributed by atoms with Crippen LogP contribution in [-0.4, -0.2) is 20.7 Å². The summed E-state index contributed by atoms with van der Waals surface area (Å²) in [6.07, 6.45) is 2.96. The molecule has 2 aromatic rings. The number of amides is 1. The smallest absolute Gasteiger partial charge is 0.244 e. The van der Waals surface area contributed by atoms with E-state index in [9.17, 15) is 4.79 Å². The SMILES string of the molecule is Cc1ccc(CNC(=O)C(C)n2cncn2)cc1. The van der Waals surface area contributed by atoms with Crippen LogP contribution < -0.4 is 5.32 Å². The summed E-state index contributed by atoms with van der Waals surface area (Å²) in [6.45, 7) is 4.35.